The van der Waals surface area contributed by atoms with Crippen LogP contribution in [0.5, 0.6) is 0 Å². The Bertz CT molecular complexity index is 625. The molecule has 0 aromatic heterocycles. The second kappa shape index (κ2) is 7.90. The van der Waals surface area contributed by atoms with Crippen LogP contribution in [-0.4, -0.2) is 37.7 Å². The van der Waals surface area contributed by atoms with Gasteiger partial charge in [-0.05, 0) is 24.6 Å². The van der Waals surface area contributed by atoms with E-state index in [1.54, 1.807) is 31.2 Å². The van der Waals surface area contributed by atoms with E-state index in [0.717, 1.165) is 5.56 Å². The monoisotopic (exact) mass is 328 g/mol. The Morgan fingerprint density at radius 3 is 2.32 bits per heavy atom. The molecule has 0 fully saturated rings. The number of amides is 1. The number of sulfonamides is 1. The van der Waals surface area contributed by atoms with Gasteiger partial charge < -0.3 is 10.4 Å². The average molecular weight is 328 g/mol. The van der Waals surface area contributed by atoms with Crippen LogP contribution in [0.25, 0.3) is 0 Å². The molecule has 1 aromatic carbocycles. The van der Waals surface area contributed by atoms with Crippen molar-refractivity contribution in [2.75, 3.05) is 12.3 Å². The van der Waals surface area contributed by atoms with E-state index >= 15 is 0 Å². The van der Waals surface area contributed by atoms with Crippen molar-refractivity contribution in [2.24, 2.45) is 5.92 Å². The van der Waals surface area contributed by atoms with Gasteiger partial charge in [0.15, 0.2) is 0 Å². The van der Waals surface area contributed by atoms with Crippen LogP contribution in [0.15, 0.2) is 24.3 Å². The fourth-order valence-electron chi connectivity index (χ4n) is 1.50. The van der Waals surface area contributed by atoms with Crippen LogP contribution in [0.2, 0.25) is 0 Å². The highest BCUT2D eigenvalue weighted by atomic mass is 32.2. The minimum atomic E-state index is -3.26. The quantitative estimate of drug-likeness (QED) is 0.646. The lowest BCUT2D eigenvalue weighted by Gasteiger charge is -2.09. The molecule has 0 aliphatic rings. The molecule has 1 aromatic rings. The number of carbonyl (C=O) groups excluding carboxylic acids is 1. The van der Waals surface area contributed by atoms with E-state index in [2.05, 4.69) is 10.0 Å². The lowest BCUT2D eigenvalue weighted by Crippen LogP contribution is -2.31. The summed E-state index contributed by atoms with van der Waals surface area (Å²) in [4.78, 5) is 22.5. The predicted molar refractivity (Wildman–Crippen MR) is 81.9 cm³/mol. The van der Waals surface area contributed by atoms with Crippen molar-refractivity contribution in [1.29, 1.82) is 0 Å². The van der Waals surface area contributed by atoms with Crippen LogP contribution < -0.4 is 10.0 Å². The van der Waals surface area contributed by atoms with Crippen molar-refractivity contribution >= 4 is 21.9 Å². The molecule has 0 saturated carbocycles. The van der Waals surface area contributed by atoms with Crippen molar-refractivity contribution in [2.45, 2.75) is 20.4 Å². The van der Waals surface area contributed by atoms with Crippen LogP contribution in [-0.2, 0) is 21.4 Å². The number of nitrogens with one attached hydrogen (secondary N) is 2. The second-order valence-electron chi connectivity index (χ2n) is 4.87. The summed E-state index contributed by atoms with van der Waals surface area (Å²) in [5.41, 5.74) is 1.12. The van der Waals surface area contributed by atoms with Crippen LogP contribution >= 0.6 is 0 Å². The molecule has 0 aliphatic carbocycles. The molecule has 0 radical (unpaired) electrons. The summed E-state index contributed by atoms with van der Waals surface area (Å²) in [7, 11) is -3.26. The number of aliphatic carboxylic acids is 1. The molecule has 1 unspecified atom stereocenters. The molecule has 1 rings (SSSR count). The maximum atomic E-state index is 11.8. The number of carbonyl (C=O) groups is 2. The summed E-state index contributed by atoms with van der Waals surface area (Å²) in [6.45, 7) is 3.26. The molecular formula is C14H20N2O5S. The van der Waals surface area contributed by atoms with Crippen LogP contribution in [0.1, 0.15) is 29.8 Å². The zero-order chi connectivity index (χ0) is 16.8. The fraction of sp³-hybridized carbons (Fsp3) is 0.429. The Labute approximate surface area is 129 Å². The van der Waals surface area contributed by atoms with E-state index < -0.39 is 21.9 Å². The summed E-state index contributed by atoms with van der Waals surface area (Å²) in [5, 5.41) is 11.3. The molecule has 22 heavy (non-hydrogen) atoms. The van der Waals surface area contributed by atoms with Crippen molar-refractivity contribution in [3.05, 3.63) is 35.4 Å². The first-order valence-corrected chi connectivity index (χ1v) is 8.47. The molecule has 0 bridgehead atoms. The zero-order valence-electron chi connectivity index (χ0n) is 12.5. The smallest absolute Gasteiger partial charge is 0.308 e. The summed E-state index contributed by atoms with van der Waals surface area (Å²) in [6.07, 6.45) is 0. The summed E-state index contributed by atoms with van der Waals surface area (Å²) >= 11 is 0. The van der Waals surface area contributed by atoms with Gasteiger partial charge in [-0.25, -0.2) is 13.1 Å². The minimum Gasteiger partial charge on any atom is -0.481 e. The summed E-state index contributed by atoms with van der Waals surface area (Å²) in [6, 6.07) is 6.42. The molecule has 7 nitrogen and oxygen atoms in total. The van der Waals surface area contributed by atoms with Gasteiger partial charge in [-0.15, -0.1) is 0 Å². The molecule has 0 aliphatic heterocycles. The zero-order valence-corrected chi connectivity index (χ0v) is 13.3. The van der Waals surface area contributed by atoms with Crippen LogP contribution in [0.4, 0.5) is 0 Å². The van der Waals surface area contributed by atoms with Crippen LogP contribution in [0, 0.1) is 5.92 Å². The third kappa shape index (κ3) is 5.82. The highest BCUT2D eigenvalue weighted by Gasteiger charge is 2.13. The Hall–Kier alpha value is -1.93. The SMILES string of the molecule is CCS(=O)(=O)NCc1ccc(C(=O)NCC(C)C(=O)O)cc1. The molecule has 0 heterocycles. The van der Waals surface area contributed by atoms with Crippen molar-refractivity contribution in [3.63, 3.8) is 0 Å². The standard InChI is InChI=1S/C14H20N2O5S/c1-3-22(20,21)16-9-11-4-6-12(7-5-11)13(17)15-8-10(2)14(18)19/h4-7,10,16H,3,8-9H2,1-2H3,(H,15,17)(H,18,19). The van der Waals surface area contributed by atoms with Crippen LogP contribution in [0.3, 0.4) is 0 Å². The highest BCUT2D eigenvalue weighted by Crippen LogP contribution is 2.05. The predicted octanol–water partition coefficient (Wildman–Crippen LogP) is 0.576. The third-order valence-corrected chi connectivity index (χ3v) is 4.43. The maximum absolute atomic E-state index is 11.8. The number of benzene rings is 1. The topological polar surface area (TPSA) is 113 Å². The van der Waals surface area contributed by atoms with Gasteiger partial charge in [0.25, 0.3) is 5.91 Å². The van der Waals surface area contributed by atoms with E-state index in [1.165, 1.54) is 6.92 Å². The van der Waals surface area contributed by atoms with Gasteiger partial charge in [-0.3, -0.25) is 9.59 Å². The summed E-state index contributed by atoms with van der Waals surface area (Å²) in [5.74, 6) is -1.99. The minimum absolute atomic E-state index is 0.00918. The first-order chi connectivity index (χ1) is 10.2. The van der Waals surface area contributed by atoms with Gasteiger partial charge >= 0.3 is 5.97 Å². The van der Waals surface area contributed by atoms with E-state index in [0.29, 0.717) is 5.56 Å². The third-order valence-electron chi connectivity index (χ3n) is 3.08. The molecule has 1 amide bonds. The normalized spacial score (nSPS) is 12.6. The van der Waals surface area contributed by atoms with E-state index in [4.69, 9.17) is 5.11 Å². The number of carboxylic acid groups (broad SMARTS) is 1. The maximum Gasteiger partial charge on any atom is 0.308 e. The summed E-state index contributed by atoms with van der Waals surface area (Å²) < 4.78 is 25.1. The Balaban J connectivity index is 2.57. The van der Waals surface area contributed by atoms with Gasteiger partial charge in [-0.2, -0.15) is 0 Å². The number of carboxylic acids is 1. The molecule has 1 atom stereocenters. The lowest BCUT2D eigenvalue weighted by molar-refractivity contribution is -0.140. The van der Waals surface area contributed by atoms with Crippen molar-refractivity contribution in [3.8, 4) is 0 Å². The molecule has 0 saturated heterocycles. The number of hydrogen-bond acceptors (Lipinski definition) is 4. The molecule has 0 spiro atoms. The Morgan fingerprint density at radius 1 is 1.23 bits per heavy atom. The molecule has 122 valence electrons. The van der Waals surface area contributed by atoms with Crippen molar-refractivity contribution < 1.29 is 23.1 Å². The van der Waals surface area contributed by atoms with E-state index in [1.807, 2.05) is 0 Å². The van der Waals surface area contributed by atoms with Gasteiger partial charge in [0.2, 0.25) is 10.0 Å². The number of hydrogen-bond donors (Lipinski definition) is 3. The Morgan fingerprint density at radius 2 is 1.82 bits per heavy atom. The Kier molecular flexibility index (Phi) is 6.51. The van der Waals surface area contributed by atoms with Crippen molar-refractivity contribution in [1.82, 2.24) is 10.0 Å². The van der Waals surface area contributed by atoms with E-state index in [9.17, 15) is 18.0 Å². The first-order valence-electron chi connectivity index (χ1n) is 6.82. The van der Waals surface area contributed by atoms with Gasteiger partial charge in [0, 0.05) is 18.7 Å². The lowest BCUT2D eigenvalue weighted by atomic mass is 10.1. The number of rotatable bonds is 8. The van der Waals surface area contributed by atoms with Gasteiger partial charge in [0.05, 0.1) is 11.7 Å². The van der Waals surface area contributed by atoms with Gasteiger partial charge in [-0.1, -0.05) is 19.1 Å². The molecular weight excluding hydrogens is 308 g/mol. The second-order valence-corrected chi connectivity index (χ2v) is 6.97. The van der Waals surface area contributed by atoms with E-state index in [-0.39, 0.29) is 24.7 Å². The first kappa shape index (κ1) is 18.1. The van der Waals surface area contributed by atoms with Gasteiger partial charge in [0.1, 0.15) is 0 Å². The highest BCUT2D eigenvalue weighted by molar-refractivity contribution is 7.89. The molecule has 3 N–H and O–H groups in total. The largest absolute Gasteiger partial charge is 0.481 e. The fourth-order valence-corrected chi connectivity index (χ4v) is 2.10. The molecule has 8 heteroatoms. The average Bonchev–Trinajstić information content (AvgIpc) is 2.50.